The minimum atomic E-state index is -1.24. The molecule has 4 rings (SSSR count). The van der Waals surface area contributed by atoms with Crippen molar-refractivity contribution in [3.63, 3.8) is 0 Å². The monoisotopic (exact) mass is 443 g/mol. The summed E-state index contributed by atoms with van der Waals surface area (Å²) in [6.07, 6.45) is 1.56. The van der Waals surface area contributed by atoms with E-state index in [2.05, 4.69) is 5.32 Å². The fourth-order valence-corrected chi connectivity index (χ4v) is 3.30. The molecule has 8 nitrogen and oxygen atoms in total. The molecular weight excluding hydrogens is 424 g/mol. The van der Waals surface area contributed by atoms with E-state index in [1.807, 2.05) is 0 Å². The fraction of sp³-hybridized carbons (Fsp3) is 0.0800. The first-order valence-corrected chi connectivity index (χ1v) is 9.99. The summed E-state index contributed by atoms with van der Waals surface area (Å²) in [6.45, 7) is 0.199. The van der Waals surface area contributed by atoms with E-state index in [1.165, 1.54) is 19.2 Å². The molecular formula is C25H19N2O6-. The Morgan fingerprint density at radius 2 is 1.73 bits per heavy atom. The van der Waals surface area contributed by atoms with E-state index in [-0.39, 0.29) is 17.9 Å². The lowest BCUT2D eigenvalue weighted by molar-refractivity contribution is -0.255. The van der Waals surface area contributed by atoms with Crippen molar-refractivity contribution in [1.82, 2.24) is 5.32 Å². The fourth-order valence-electron chi connectivity index (χ4n) is 3.30. The number of anilines is 1. The first-order valence-electron chi connectivity index (χ1n) is 9.99. The summed E-state index contributed by atoms with van der Waals surface area (Å²) in [7, 11) is 1.49. The Balaban J connectivity index is 1.49. The van der Waals surface area contributed by atoms with Gasteiger partial charge in [-0.1, -0.05) is 48.5 Å². The van der Waals surface area contributed by atoms with Gasteiger partial charge in [-0.2, -0.15) is 0 Å². The van der Waals surface area contributed by atoms with Crippen molar-refractivity contribution in [2.45, 2.75) is 6.61 Å². The van der Waals surface area contributed by atoms with E-state index in [0.717, 1.165) is 10.5 Å². The van der Waals surface area contributed by atoms with Crippen LogP contribution in [0.5, 0.6) is 11.5 Å². The number of nitrogens with one attached hydrogen (secondary N) is 1. The zero-order valence-electron chi connectivity index (χ0n) is 17.6. The van der Waals surface area contributed by atoms with Gasteiger partial charge in [0.05, 0.1) is 18.8 Å². The summed E-state index contributed by atoms with van der Waals surface area (Å²) in [5, 5.41) is 13.4. The first kappa shape index (κ1) is 21.6. The molecule has 166 valence electrons. The van der Waals surface area contributed by atoms with E-state index < -0.39 is 17.9 Å². The molecule has 0 radical (unpaired) electrons. The second-order valence-electron chi connectivity index (χ2n) is 7.15. The van der Waals surface area contributed by atoms with Crippen molar-refractivity contribution in [1.29, 1.82) is 0 Å². The molecule has 1 saturated heterocycles. The molecule has 1 aliphatic heterocycles. The van der Waals surface area contributed by atoms with Gasteiger partial charge in [-0.05, 0) is 47.0 Å². The molecule has 3 aromatic rings. The molecule has 0 aromatic heterocycles. The van der Waals surface area contributed by atoms with Crippen molar-refractivity contribution in [3.05, 3.63) is 95.2 Å². The summed E-state index contributed by atoms with van der Waals surface area (Å²) in [5.74, 6) is -0.785. The van der Waals surface area contributed by atoms with Gasteiger partial charge in [-0.15, -0.1) is 0 Å². The van der Waals surface area contributed by atoms with Crippen molar-refractivity contribution < 1.29 is 29.0 Å². The number of carbonyl (C=O) groups is 3. The molecule has 33 heavy (non-hydrogen) atoms. The summed E-state index contributed by atoms with van der Waals surface area (Å²) in [4.78, 5) is 37.0. The zero-order chi connectivity index (χ0) is 23.4. The van der Waals surface area contributed by atoms with Gasteiger partial charge in [0.1, 0.15) is 12.3 Å². The molecule has 1 aliphatic rings. The van der Waals surface area contributed by atoms with Gasteiger partial charge in [0.15, 0.2) is 11.5 Å². The van der Waals surface area contributed by atoms with E-state index in [9.17, 15) is 19.5 Å². The maximum atomic E-state index is 12.7. The van der Waals surface area contributed by atoms with Crippen LogP contribution in [0.3, 0.4) is 0 Å². The highest BCUT2D eigenvalue weighted by molar-refractivity contribution is 6.28. The number of urea groups is 1. The topological polar surface area (TPSA) is 108 Å². The SMILES string of the molecule is COc1cc(/C=C2\NC(=O)N(c3ccccc3)C2=O)ccc1OCc1ccc(C(=O)[O-])cc1. The number of benzene rings is 3. The van der Waals surface area contributed by atoms with Gasteiger partial charge < -0.3 is 24.7 Å². The molecule has 8 heteroatoms. The Labute approximate surface area is 189 Å². The van der Waals surface area contributed by atoms with Crippen LogP contribution in [0.15, 0.2) is 78.5 Å². The Bertz CT molecular complexity index is 1240. The number of hydrogen-bond donors (Lipinski definition) is 1. The van der Waals surface area contributed by atoms with Crippen LogP contribution in [0.4, 0.5) is 10.5 Å². The first-order chi connectivity index (χ1) is 16.0. The normalized spacial score (nSPS) is 14.3. The van der Waals surface area contributed by atoms with Gasteiger partial charge in [0.25, 0.3) is 5.91 Å². The molecule has 1 heterocycles. The lowest BCUT2D eigenvalue weighted by atomic mass is 10.1. The number of methoxy groups -OCH3 is 1. The molecule has 0 atom stereocenters. The number of para-hydroxylation sites is 1. The lowest BCUT2D eigenvalue weighted by Crippen LogP contribution is -2.30. The molecule has 0 spiro atoms. The number of hydrogen-bond acceptors (Lipinski definition) is 6. The predicted octanol–water partition coefficient (Wildman–Crippen LogP) is 2.74. The second kappa shape index (κ2) is 9.27. The summed E-state index contributed by atoms with van der Waals surface area (Å²) >= 11 is 0. The molecule has 0 bridgehead atoms. The van der Waals surface area contributed by atoms with Crippen LogP contribution in [-0.2, 0) is 11.4 Å². The molecule has 1 fully saturated rings. The third-order valence-electron chi connectivity index (χ3n) is 4.98. The number of imide groups is 1. The van der Waals surface area contributed by atoms with Gasteiger partial charge in [0, 0.05) is 0 Å². The average molecular weight is 443 g/mol. The molecule has 3 aromatic carbocycles. The van der Waals surface area contributed by atoms with Crippen LogP contribution in [0.2, 0.25) is 0 Å². The van der Waals surface area contributed by atoms with Gasteiger partial charge in [-0.3, -0.25) is 4.79 Å². The molecule has 1 N–H and O–H groups in total. The third-order valence-corrected chi connectivity index (χ3v) is 4.98. The van der Waals surface area contributed by atoms with Gasteiger partial charge in [-0.25, -0.2) is 9.69 Å². The van der Waals surface area contributed by atoms with Gasteiger partial charge >= 0.3 is 6.03 Å². The number of rotatable bonds is 7. The highest BCUT2D eigenvalue weighted by Gasteiger charge is 2.34. The number of carboxylic acid groups (broad SMARTS) is 1. The smallest absolute Gasteiger partial charge is 0.333 e. The minimum absolute atomic E-state index is 0.0908. The van der Waals surface area contributed by atoms with E-state index >= 15 is 0 Å². The van der Waals surface area contributed by atoms with Crippen LogP contribution in [-0.4, -0.2) is 25.0 Å². The molecule has 0 aliphatic carbocycles. The average Bonchev–Trinajstić information content (AvgIpc) is 3.11. The van der Waals surface area contributed by atoms with E-state index in [1.54, 1.807) is 66.7 Å². The summed E-state index contributed by atoms with van der Waals surface area (Å²) in [5.41, 5.74) is 2.13. The Morgan fingerprint density at radius 1 is 1.00 bits per heavy atom. The van der Waals surface area contributed by atoms with E-state index in [4.69, 9.17) is 9.47 Å². The third kappa shape index (κ3) is 4.69. The van der Waals surface area contributed by atoms with Crippen molar-refractivity contribution in [2.75, 3.05) is 12.0 Å². The quantitative estimate of drug-likeness (QED) is 0.444. The van der Waals surface area contributed by atoms with E-state index in [0.29, 0.717) is 22.7 Å². The number of carbonyl (C=O) groups excluding carboxylic acids is 3. The second-order valence-corrected chi connectivity index (χ2v) is 7.15. The highest BCUT2D eigenvalue weighted by atomic mass is 16.5. The molecule has 0 saturated carbocycles. The van der Waals surface area contributed by atoms with Crippen LogP contribution in [0, 0.1) is 0 Å². The Morgan fingerprint density at radius 3 is 2.39 bits per heavy atom. The lowest BCUT2D eigenvalue weighted by Gasteiger charge is -2.12. The molecule has 3 amide bonds. The number of carboxylic acids is 1. The molecule has 0 unspecified atom stereocenters. The van der Waals surface area contributed by atoms with Crippen LogP contribution < -0.4 is 24.8 Å². The highest BCUT2D eigenvalue weighted by Crippen LogP contribution is 2.30. The number of nitrogens with zero attached hydrogens (tertiary/aromatic N) is 1. The largest absolute Gasteiger partial charge is 0.545 e. The number of ether oxygens (including phenoxy) is 2. The van der Waals surface area contributed by atoms with Crippen LogP contribution in [0.25, 0.3) is 6.08 Å². The maximum Gasteiger partial charge on any atom is 0.333 e. The van der Waals surface area contributed by atoms with Gasteiger partial charge in [0.2, 0.25) is 0 Å². The Hall–Kier alpha value is -4.59. The number of aromatic carboxylic acids is 1. The zero-order valence-corrected chi connectivity index (χ0v) is 17.6. The van der Waals surface area contributed by atoms with Crippen molar-refractivity contribution in [3.8, 4) is 11.5 Å². The standard InChI is InChI=1S/C25H20N2O6/c1-32-22-14-17(9-12-21(22)33-15-16-7-10-18(11-8-16)24(29)30)13-20-23(28)27(25(31)26-20)19-5-3-2-4-6-19/h2-14H,15H2,1H3,(H,26,31)(H,29,30)/p-1/b20-13-. The number of amides is 3. The summed E-state index contributed by atoms with van der Waals surface area (Å²) < 4.78 is 11.2. The van der Waals surface area contributed by atoms with Crippen molar-refractivity contribution in [2.24, 2.45) is 0 Å². The van der Waals surface area contributed by atoms with Crippen LogP contribution in [0.1, 0.15) is 21.5 Å². The minimum Gasteiger partial charge on any atom is -0.545 e. The Kier molecular flexibility index (Phi) is 6.08. The maximum absolute atomic E-state index is 12.7. The predicted molar refractivity (Wildman–Crippen MR) is 119 cm³/mol. The van der Waals surface area contributed by atoms with Crippen molar-refractivity contribution >= 4 is 29.7 Å². The van der Waals surface area contributed by atoms with Crippen LogP contribution >= 0.6 is 0 Å². The summed E-state index contributed by atoms with van der Waals surface area (Å²) in [6, 6.07) is 19.4.